The summed E-state index contributed by atoms with van der Waals surface area (Å²) in [4.78, 5) is 10.5. The van der Waals surface area contributed by atoms with Crippen LogP contribution in [0.3, 0.4) is 0 Å². The Labute approximate surface area is 76.2 Å². The summed E-state index contributed by atoms with van der Waals surface area (Å²) < 4.78 is 1.61. The van der Waals surface area contributed by atoms with Crippen LogP contribution in [0.1, 0.15) is 24.1 Å². The molecule has 0 atom stereocenters. The third-order valence-electron chi connectivity index (χ3n) is 2.43. The van der Waals surface area contributed by atoms with E-state index in [1.807, 2.05) is 0 Å². The third kappa shape index (κ3) is 1.56. The zero-order valence-electron chi connectivity index (χ0n) is 7.36. The highest BCUT2D eigenvalue weighted by Gasteiger charge is 2.15. The lowest BCUT2D eigenvalue weighted by Crippen LogP contribution is -2.15. The Balaban J connectivity index is 2.26. The summed E-state index contributed by atoms with van der Waals surface area (Å²) in [5, 5.41) is 12.7. The molecule has 4 heteroatoms. The van der Waals surface area contributed by atoms with Crippen molar-refractivity contribution in [3.63, 3.8) is 0 Å². The van der Waals surface area contributed by atoms with E-state index >= 15 is 0 Å². The van der Waals surface area contributed by atoms with Gasteiger partial charge in [-0.05, 0) is 31.2 Å². The van der Waals surface area contributed by atoms with Gasteiger partial charge in [-0.1, -0.05) is 0 Å². The zero-order valence-corrected chi connectivity index (χ0v) is 7.36. The number of carboxylic acids is 1. The smallest absolute Gasteiger partial charge is 0.325 e. The number of aryl methyl sites for hydroxylation is 1. The molecule has 0 radical (unpaired) electrons. The van der Waals surface area contributed by atoms with Crippen LogP contribution in [0.5, 0.6) is 0 Å². The molecule has 4 nitrogen and oxygen atoms in total. The van der Waals surface area contributed by atoms with Crippen molar-refractivity contribution in [1.29, 1.82) is 0 Å². The lowest BCUT2D eigenvalue weighted by Gasteiger charge is -2.12. The van der Waals surface area contributed by atoms with E-state index in [1.54, 1.807) is 10.9 Å². The lowest BCUT2D eigenvalue weighted by atomic mass is 9.98. The maximum Gasteiger partial charge on any atom is 0.325 e. The molecule has 0 amide bonds. The average Bonchev–Trinajstić information content (AvgIpc) is 2.48. The van der Waals surface area contributed by atoms with Gasteiger partial charge in [0.15, 0.2) is 0 Å². The molecule has 1 N–H and O–H groups in total. The Hall–Kier alpha value is -1.32. The van der Waals surface area contributed by atoms with E-state index in [2.05, 4.69) is 5.10 Å². The topological polar surface area (TPSA) is 55.1 Å². The van der Waals surface area contributed by atoms with Crippen molar-refractivity contribution in [1.82, 2.24) is 9.78 Å². The molecule has 0 fully saturated rings. The fraction of sp³-hybridized carbons (Fsp3) is 0.556. The Morgan fingerprint density at radius 2 is 2.31 bits per heavy atom. The largest absolute Gasteiger partial charge is 0.480 e. The standard InChI is InChI=1S/C9H12N2O2/c12-9(13)6-11-8-4-2-1-3-7(8)5-10-11/h5H,1-4,6H2,(H,12,13). The summed E-state index contributed by atoms with van der Waals surface area (Å²) in [6, 6.07) is 0. The van der Waals surface area contributed by atoms with Gasteiger partial charge in [-0.15, -0.1) is 0 Å². The van der Waals surface area contributed by atoms with Crippen LogP contribution in [0, 0.1) is 0 Å². The van der Waals surface area contributed by atoms with E-state index in [4.69, 9.17) is 5.11 Å². The number of carboxylic acid groups (broad SMARTS) is 1. The van der Waals surface area contributed by atoms with Crippen LogP contribution >= 0.6 is 0 Å². The van der Waals surface area contributed by atoms with Crippen molar-refractivity contribution < 1.29 is 9.90 Å². The lowest BCUT2D eigenvalue weighted by molar-refractivity contribution is -0.137. The molecule has 0 aliphatic heterocycles. The summed E-state index contributed by atoms with van der Waals surface area (Å²) in [6.45, 7) is -0.00463. The second-order valence-corrected chi connectivity index (χ2v) is 3.37. The molecular weight excluding hydrogens is 168 g/mol. The minimum absolute atomic E-state index is 0.00463. The third-order valence-corrected chi connectivity index (χ3v) is 2.43. The summed E-state index contributed by atoms with van der Waals surface area (Å²) >= 11 is 0. The molecule has 2 rings (SSSR count). The number of hydrogen-bond donors (Lipinski definition) is 1. The van der Waals surface area contributed by atoms with Gasteiger partial charge in [0.1, 0.15) is 6.54 Å². The number of aromatic nitrogens is 2. The second kappa shape index (κ2) is 3.20. The number of aliphatic carboxylic acids is 1. The van der Waals surface area contributed by atoms with Crippen LogP contribution in [-0.4, -0.2) is 20.9 Å². The second-order valence-electron chi connectivity index (χ2n) is 3.37. The first kappa shape index (κ1) is 8.29. The average molecular weight is 180 g/mol. The van der Waals surface area contributed by atoms with Gasteiger partial charge >= 0.3 is 5.97 Å². The van der Waals surface area contributed by atoms with E-state index in [0.29, 0.717) is 0 Å². The maximum atomic E-state index is 10.5. The molecule has 0 unspecified atom stereocenters. The van der Waals surface area contributed by atoms with Crippen LogP contribution in [0.15, 0.2) is 6.20 Å². The molecule has 70 valence electrons. The molecule has 1 aromatic rings. The van der Waals surface area contributed by atoms with Gasteiger partial charge in [0.25, 0.3) is 0 Å². The summed E-state index contributed by atoms with van der Waals surface area (Å²) in [5.41, 5.74) is 2.35. The fourth-order valence-corrected chi connectivity index (χ4v) is 1.82. The first-order chi connectivity index (χ1) is 6.27. The van der Waals surface area contributed by atoms with Crippen LogP contribution in [0.2, 0.25) is 0 Å². The molecule has 1 aliphatic rings. The molecule has 0 bridgehead atoms. The Kier molecular flexibility index (Phi) is 2.04. The molecule has 0 saturated carbocycles. The Morgan fingerprint density at radius 1 is 1.54 bits per heavy atom. The van der Waals surface area contributed by atoms with Gasteiger partial charge in [-0.3, -0.25) is 9.48 Å². The SMILES string of the molecule is O=C(O)Cn1ncc2c1CCCC2. The quantitative estimate of drug-likeness (QED) is 0.734. The van der Waals surface area contributed by atoms with Crippen LogP contribution < -0.4 is 0 Å². The summed E-state index contributed by atoms with van der Waals surface area (Å²) in [6.07, 6.45) is 6.18. The maximum absolute atomic E-state index is 10.5. The van der Waals surface area contributed by atoms with Gasteiger partial charge in [-0.25, -0.2) is 0 Å². The van der Waals surface area contributed by atoms with Gasteiger partial charge < -0.3 is 5.11 Å². The molecule has 1 heterocycles. The number of carbonyl (C=O) groups is 1. The summed E-state index contributed by atoms with van der Waals surface area (Å²) in [5.74, 6) is -0.823. The molecule has 1 aromatic heterocycles. The molecule has 0 saturated heterocycles. The summed E-state index contributed by atoms with van der Waals surface area (Å²) in [7, 11) is 0. The predicted octanol–water partition coefficient (Wildman–Crippen LogP) is 0.846. The zero-order chi connectivity index (χ0) is 9.26. The molecule has 0 aromatic carbocycles. The highest BCUT2D eigenvalue weighted by atomic mass is 16.4. The highest BCUT2D eigenvalue weighted by Crippen LogP contribution is 2.20. The highest BCUT2D eigenvalue weighted by molar-refractivity contribution is 5.66. The number of fused-ring (bicyclic) bond motifs is 1. The van der Waals surface area contributed by atoms with Crippen LogP contribution in [-0.2, 0) is 24.2 Å². The monoisotopic (exact) mass is 180 g/mol. The van der Waals surface area contributed by atoms with E-state index in [-0.39, 0.29) is 6.54 Å². The van der Waals surface area contributed by atoms with Crippen LogP contribution in [0.25, 0.3) is 0 Å². The van der Waals surface area contributed by atoms with Crippen molar-refractivity contribution in [2.24, 2.45) is 0 Å². The van der Waals surface area contributed by atoms with Crippen molar-refractivity contribution in [2.45, 2.75) is 32.2 Å². The van der Waals surface area contributed by atoms with E-state index in [1.165, 1.54) is 12.0 Å². The fourth-order valence-electron chi connectivity index (χ4n) is 1.82. The number of hydrogen-bond acceptors (Lipinski definition) is 2. The van der Waals surface area contributed by atoms with Gasteiger partial charge in [0, 0.05) is 5.69 Å². The van der Waals surface area contributed by atoms with Gasteiger partial charge in [0.2, 0.25) is 0 Å². The number of rotatable bonds is 2. The van der Waals surface area contributed by atoms with Crippen molar-refractivity contribution in [2.75, 3.05) is 0 Å². The van der Waals surface area contributed by atoms with Gasteiger partial charge in [-0.2, -0.15) is 5.10 Å². The molecule has 13 heavy (non-hydrogen) atoms. The normalized spacial score (nSPS) is 15.4. The molecular formula is C9H12N2O2. The molecule has 1 aliphatic carbocycles. The van der Waals surface area contributed by atoms with Crippen molar-refractivity contribution >= 4 is 5.97 Å². The number of nitrogens with zero attached hydrogens (tertiary/aromatic N) is 2. The Morgan fingerprint density at radius 3 is 3.08 bits per heavy atom. The van der Waals surface area contributed by atoms with Gasteiger partial charge in [0.05, 0.1) is 6.20 Å². The predicted molar refractivity (Wildman–Crippen MR) is 46.5 cm³/mol. The van der Waals surface area contributed by atoms with Crippen molar-refractivity contribution in [3.8, 4) is 0 Å². The van der Waals surface area contributed by atoms with Crippen molar-refractivity contribution in [3.05, 3.63) is 17.5 Å². The van der Waals surface area contributed by atoms with E-state index < -0.39 is 5.97 Å². The minimum Gasteiger partial charge on any atom is -0.480 e. The van der Waals surface area contributed by atoms with E-state index in [9.17, 15) is 4.79 Å². The first-order valence-corrected chi connectivity index (χ1v) is 4.53. The minimum atomic E-state index is -0.823. The van der Waals surface area contributed by atoms with Crippen LogP contribution in [0.4, 0.5) is 0 Å². The first-order valence-electron chi connectivity index (χ1n) is 4.53. The van der Waals surface area contributed by atoms with E-state index in [0.717, 1.165) is 25.0 Å². The molecule has 0 spiro atoms. The Bertz CT molecular complexity index is 330.